The number of aromatic nitrogens is 5. The standard InChI is InChI=1S/C23H39N6O8P/c1-7-22(6,33)38(34,35)37-23(8-2,9-3)10-16-17(30)18(31)20(36-16)28-12-15(19(24)25-21(28)32)29-11-14(13(4)5)26-27-29/h11-13,16-18,20,30-31,33H,7-10H2,1-6H3,(H,34,35)(H2,24,25,32). The van der Waals surface area contributed by atoms with Crippen LogP contribution in [0.15, 0.2) is 17.2 Å². The first kappa shape index (κ1) is 30.4. The molecule has 6 unspecified atom stereocenters. The summed E-state index contributed by atoms with van der Waals surface area (Å²) >= 11 is 0. The number of nitrogens with zero attached hydrogens (tertiary/aromatic N) is 5. The number of anilines is 1. The summed E-state index contributed by atoms with van der Waals surface area (Å²) in [5.74, 6) is -0.0169. The molecule has 14 nitrogen and oxygen atoms in total. The van der Waals surface area contributed by atoms with Gasteiger partial charge in [-0.3, -0.25) is 13.7 Å². The lowest BCUT2D eigenvalue weighted by atomic mass is 9.88. The Morgan fingerprint density at radius 1 is 1.18 bits per heavy atom. The van der Waals surface area contributed by atoms with Crippen molar-refractivity contribution in [3.63, 3.8) is 0 Å². The third-order valence-corrected chi connectivity index (χ3v) is 9.55. The molecule has 0 spiro atoms. The van der Waals surface area contributed by atoms with E-state index in [-0.39, 0.29) is 43.1 Å². The summed E-state index contributed by atoms with van der Waals surface area (Å²) in [5, 5.41) is 38.3. The van der Waals surface area contributed by atoms with E-state index in [4.69, 9.17) is 15.0 Å². The van der Waals surface area contributed by atoms with Crippen molar-refractivity contribution in [3.05, 3.63) is 28.6 Å². The monoisotopic (exact) mass is 558 g/mol. The smallest absolute Gasteiger partial charge is 0.359 e. The molecule has 2 aromatic rings. The van der Waals surface area contributed by atoms with Crippen LogP contribution in [0.3, 0.4) is 0 Å². The molecule has 0 aromatic carbocycles. The Bertz CT molecular complexity index is 1230. The van der Waals surface area contributed by atoms with Gasteiger partial charge in [-0.2, -0.15) is 4.98 Å². The zero-order chi connectivity index (χ0) is 28.6. The average molecular weight is 559 g/mol. The zero-order valence-corrected chi connectivity index (χ0v) is 23.4. The van der Waals surface area contributed by atoms with E-state index in [1.54, 1.807) is 27.0 Å². The Balaban J connectivity index is 1.92. The maximum Gasteiger partial charge on any atom is 0.359 e. The van der Waals surface area contributed by atoms with Crippen molar-refractivity contribution in [2.24, 2.45) is 0 Å². The molecule has 1 saturated heterocycles. The maximum atomic E-state index is 12.9. The number of hydrogen-bond acceptors (Lipinski definition) is 11. The molecule has 0 radical (unpaired) electrons. The van der Waals surface area contributed by atoms with Gasteiger partial charge in [0.1, 0.15) is 17.9 Å². The van der Waals surface area contributed by atoms with E-state index >= 15 is 0 Å². The molecule has 38 heavy (non-hydrogen) atoms. The summed E-state index contributed by atoms with van der Waals surface area (Å²) in [6.07, 6.45) is -2.07. The second kappa shape index (κ2) is 11.1. The summed E-state index contributed by atoms with van der Waals surface area (Å²) in [6.45, 7) is 10.1. The van der Waals surface area contributed by atoms with E-state index in [1.807, 2.05) is 13.8 Å². The van der Waals surface area contributed by atoms with E-state index in [1.165, 1.54) is 17.8 Å². The fraction of sp³-hybridized carbons (Fsp3) is 0.739. The van der Waals surface area contributed by atoms with Gasteiger partial charge in [0.2, 0.25) is 0 Å². The van der Waals surface area contributed by atoms with Crippen molar-refractivity contribution in [2.75, 3.05) is 5.73 Å². The van der Waals surface area contributed by atoms with Crippen LogP contribution in [0.2, 0.25) is 0 Å². The highest BCUT2D eigenvalue weighted by Gasteiger charge is 2.51. The number of aliphatic hydroxyl groups is 3. The van der Waals surface area contributed by atoms with Gasteiger partial charge < -0.3 is 30.7 Å². The summed E-state index contributed by atoms with van der Waals surface area (Å²) < 4.78 is 26.9. The number of nitrogens with two attached hydrogens (primary N) is 1. The van der Waals surface area contributed by atoms with Gasteiger partial charge in [-0.05, 0) is 32.1 Å². The second-order valence-corrected chi connectivity index (χ2v) is 12.5. The first-order valence-electron chi connectivity index (χ1n) is 12.7. The third kappa shape index (κ3) is 5.71. The number of aliphatic hydroxyl groups excluding tert-OH is 2. The second-order valence-electron chi connectivity index (χ2n) is 10.3. The molecule has 1 aliphatic heterocycles. The van der Waals surface area contributed by atoms with Crippen molar-refractivity contribution in [3.8, 4) is 5.69 Å². The largest absolute Gasteiger partial charge is 0.388 e. The van der Waals surface area contributed by atoms with Crippen LogP contribution in [-0.4, -0.2) is 74.0 Å². The predicted octanol–water partition coefficient (Wildman–Crippen LogP) is 1.42. The predicted molar refractivity (Wildman–Crippen MR) is 138 cm³/mol. The van der Waals surface area contributed by atoms with Gasteiger partial charge in [0.25, 0.3) is 0 Å². The van der Waals surface area contributed by atoms with Crippen molar-refractivity contribution < 1.29 is 34.0 Å². The van der Waals surface area contributed by atoms with Crippen LogP contribution in [0.4, 0.5) is 5.82 Å². The highest BCUT2D eigenvalue weighted by atomic mass is 31.2. The van der Waals surface area contributed by atoms with Crippen molar-refractivity contribution in [1.29, 1.82) is 0 Å². The zero-order valence-electron chi connectivity index (χ0n) is 22.6. The molecule has 3 heterocycles. The Morgan fingerprint density at radius 3 is 2.34 bits per heavy atom. The molecule has 15 heteroatoms. The number of rotatable bonds is 11. The van der Waals surface area contributed by atoms with Crippen molar-refractivity contribution >= 4 is 13.4 Å². The number of ether oxygens (including phenoxy) is 1. The van der Waals surface area contributed by atoms with Gasteiger partial charge in [0.15, 0.2) is 17.4 Å². The van der Waals surface area contributed by atoms with Crippen molar-refractivity contribution in [2.45, 2.75) is 109 Å². The molecule has 214 valence electrons. The van der Waals surface area contributed by atoms with Gasteiger partial charge in [-0.25, -0.2) is 9.48 Å². The minimum Gasteiger partial charge on any atom is -0.388 e. The molecular formula is C23H39N6O8P. The fourth-order valence-corrected chi connectivity index (χ4v) is 5.70. The van der Waals surface area contributed by atoms with E-state index in [2.05, 4.69) is 15.3 Å². The Morgan fingerprint density at radius 2 is 1.82 bits per heavy atom. The average Bonchev–Trinajstić information content (AvgIpc) is 3.45. The normalized spacial score (nSPS) is 25.4. The summed E-state index contributed by atoms with van der Waals surface area (Å²) in [5.41, 5.74) is 4.79. The SMILES string of the molecule is CCC(CC)(CC1OC(n2cc(-n3cc(C(C)C)nn3)c(N)nc2=O)C(O)C1O)OP(=O)(O)C(C)(O)CC. The molecule has 6 N–H and O–H groups in total. The van der Waals surface area contributed by atoms with Crippen LogP contribution in [0.1, 0.15) is 85.1 Å². The highest BCUT2D eigenvalue weighted by molar-refractivity contribution is 7.54. The summed E-state index contributed by atoms with van der Waals surface area (Å²) in [7, 11) is -4.51. The molecule has 2 aromatic heterocycles. The molecule has 0 amide bonds. The van der Waals surface area contributed by atoms with Crippen LogP contribution < -0.4 is 11.4 Å². The van der Waals surface area contributed by atoms with E-state index in [0.29, 0.717) is 5.69 Å². The lowest BCUT2D eigenvalue weighted by Gasteiger charge is -2.39. The van der Waals surface area contributed by atoms with E-state index in [0.717, 1.165) is 4.57 Å². The van der Waals surface area contributed by atoms with Crippen LogP contribution >= 0.6 is 7.60 Å². The molecule has 3 rings (SSSR count). The van der Waals surface area contributed by atoms with Crippen LogP contribution in [0, 0.1) is 0 Å². The molecular weight excluding hydrogens is 519 g/mol. The first-order chi connectivity index (χ1) is 17.6. The minimum absolute atomic E-state index is 0.0204. The number of hydrogen-bond donors (Lipinski definition) is 5. The first-order valence-corrected chi connectivity index (χ1v) is 14.3. The molecule has 6 atom stereocenters. The maximum absolute atomic E-state index is 12.9. The molecule has 0 saturated carbocycles. The minimum atomic E-state index is -4.51. The van der Waals surface area contributed by atoms with Gasteiger partial charge in [0, 0.05) is 12.6 Å². The van der Waals surface area contributed by atoms with Crippen LogP contribution in [0.25, 0.3) is 5.69 Å². The van der Waals surface area contributed by atoms with E-state index in [9.17, 15) is 29.6 Å². The van der Waals surface area contributed by atoms with Gasteiger partial charge >= 0.3 is 13.3 Å². The number of nitrogen functional groups attached to an aromatic ring is 1. The quantitative estimate of drug-likeness (QED) is 0.248. The fourth-order valence-electron chi connectivity index (χ4n) is 4.25. The van der Waals surface area contributed by atoms with E-state index < -0.39 is 48.8 Å². The van der Waals surface area contributed by atoms with Crippen LogP contribution in [0.5, 0.6) is 0 Å². The Kier molecular flexibility index (Phi) is 8.89. The highest BCUT2D eigenvalue weighted by Crippen LogP contribution is 2.59. The Labute approximate surface area is 220 Å². The van der Waals surface area contributed by atoms with Gasteiger partial charge in [0.05, 0.1) is 23.6 Å². The van der Waals surface area contributed by atoms with Crippen LogP contribution in [-0.2, 0) is 13.8 Å². The molecule has 0 bridgehead atoms. The topological polar surface area (TPSA) is 208 Å². The lowest BCUT2D eigenvalue weighted by molar-refractivity contribution is -0.0774. The molecule has 1 fully saturated rings. The van der Waals surface area contributed by atoms with Gasteiger partial charge in [-0.15, -0.1) is 5.10 Å². The van der Waals surface area contributed by atoms with Gasteiger partial charge in [-0.1, -0.05) is 39.8 Å². The summed E-state index contributed by atoms with van der Waals surface area (Å²) in [4.78, 5) is 27.1. The third-order valence-electron chi connectivity index (χ3n) is 7.38. The van der Waals surface area contributed by atoms with Crippen molar-refractivity contribution in [1.82, 2.24) is 24.5 Å². The molecule has 0 aliphatic carbocycles. The molecule has 1 aliphatic rings. The Hall–Kier alpha value is -2.19. The summed E-state index contributed by atoms with van der Waals surface area (Å²) in [6, 6.07) is 0. The lowest BCUT2D eigenvalue weighted by Crippen LogP contribution is -2.41.